The highest BCUT2D eigenvalue weighted by atomic mass is 31.2. The fourth-order valence-corrected chi connectivity index (χ4v) is 6.11. The van der Waals surface area contributed by atoms with E-state index in [1.165, 1.54) is 11.8 Å². The number of unbranched alkanes of at least 4 members (excludes halogenated alkanes) is 3. The van der Waals surface area contributed by atoms with Crippen LogP contribution in [0.5, 0.6) is 5.75 Å². The van der Waals surface area contributed by atoms with Crippen LogP contribution >= 0.6 is 7.75 Å². The quantitative estimate of drug-likeness (QED) is 0.159. The predicted octanol–water partition coefficient (Wildman–Crippen LogP) is 4.63. The summed E-state index contributed by atoms with van der Waals surface area (Å²) in [6.07, 6.45) is 1.74. The monoisotopic (exact) mass is 605 g/mol. The summed E-state index contributed by atoms with van der Waals surface area (Å²) in [5.74, 6) is -2.25. The molecule has 13 heteroatoms. The second-order valence-corrected chi connectivity index (χ2v) is 11.9. The first-order chi connectivity index (χ1) is 20.1. The highest BCUT2D eigenvalue weighted by Crippen LogP contribution is 2.47. The average molecular weight is 606 g/mol. The summed E-state index contributed by atoms with van der Waals surface area (Å²) in [4.78, 5) is 25.5. The number of aliphatic hydroxyl groups is 1. The zero-order valence-electron chi connectivity index (χ0n) is 23.7. The number of halogens is 1. The van der Waals surface area contributed by atoms with E-state index in [-0.39, 0.29) is 24.6 Å². The molecule has 0 spiro atoms. The summed E-state index contributed by atoms with van der Waals surface area (Å²) in [5.41, 5.74) is 0. The van der Waals surface area contributed by atoms with Gasteiger partial charge < -0.3 is 29.3 Å². The number of nitrogens with zero attached hydrogens (tertiary/aromatic N) is 1. The maximum atomic E-state index is 14.1. The molecule has 2 unspecified atom stereocenters. The zero-order valence-corrected chi connectivity index (χ0v) is 24.6. The van der Waals surface area contributed by atoms with Gasteiger partial charge in [0.25, 0.3) is 5.91 Å². The third kappa shape index (κ3) is 7.96. The third-order valence-corrected chi connectivity index (χ3v) is 8.51. The summed E-state index contributed by atoms with van der Waals surface area (Å²) in [5, 5.41) is 17.1. The molecule has 2 aliphatic heterocycles. The molecule has 0 bridgehead atoms. The molecule has 5 atom stereocenters. The van der Waals surface area contributed by atoms with Crippen LogP contribution in [0.25, 0.3) is 10.8 Å². The predicted molar refractivity (Wildman–Crippen MR) is 153 cm³/mol. The largest absolute Gasteiger partial charge is 0.465 e. The molecule has 1 amide bonds. The molecular weight excluding hydrogens is 568 g/mol. The van der Waals surface area contributed by atoms with Gasteiger partial charge in [0.2, 0.25) is 5.83 Å². The van der Waals surface area contributed by atoms with Gasteiger partial charge in [0.15, 0.2) is 0 Å². The SMILES string of the molecule is C=C1NC(=O)C(F)=CN1[C@H]1CC(O)[C@@H](COP(=O)(N[C@@H](C)C(=O)OCCCCCC)Oc2cccc3ccccc23)O1. The number of ether oxygens (including phenoxy) is 2. The number of hydrogen-bond donors (Lipinski definition) is 3. The van der Waals surface area contributed by atoms with Crippen molar-refractivity contribution >= 4 is 30.4 Å². The van der Waals surface area contributed by atoms with Crippen LogP contribution < -0.4 is 14.9 Å². The number of carbonyl (C=O) groups is 2. The van der Waals surface area contributed by atoms with Crippen LogP contribution in [0.3, 0.4) is 0 Å². The molecule has 3 N–H and O–H groups in total. The Morgan fingerprint density at radius 1 is 1.26 bits per heavy atom. The lowest BCUT2D eigenvalue weighted by Gasteiger charge is -2.31. The summed E-state index contributed by atoms with van der Waals surface area (Å²) in [7, 11) is -4.27. The minimum absolute atomic E-state index is 0.0232. The van der Waals surface area contributed by atoms with Crippen LogP contribution in [0.15, 0.2) is 66.9 Å². The topological polar surface area (TPSA) is 136 Å². The minimum atomic E-state index is -4.27. The Bertz CT molecular complexity index is 1370. The Morgan fingerprint density at radius 2 is 2.02 bits per heavy atom. The van der Waals surface area contributed by atoms with Gasteiger partial charge in [-0.15, -0.1) is 0 Å². The van der Waals surface area contributed by atoms with Crippen LogP contribution in [0.2, 0.25) is 0 Å². The van der Waals surface area contributed by atoms with Gasteiger partial charge in [0, 0.05) is 18.0 Å². The highest BCUT2D eigenvalue weighted by molar-refractivity contribution is 7.52. The number of esters is 1. The molecule has 0 saturated carbocycles. The van der Waals surface area contributed by atoms with Gasteiger partial charge in [-0.25, -0.2) is 4.57 Å². The van der Waals surface area contributed by atoms with Crippen molar-refractivity contribution in [3.8, 4) is 5.75 Å². The van der Waals surface area contributed by atoms with Crippen LogP contribution in [0, 0.1) is 0 Å². The van der Waals surface area contributed by atoms with Crippen molar-refractivity contribution < 1.29 is 42.2 Å². The minimum Gasteiger partial charge on any atom is -0.465 e. The molecule has 2 aromatic rings. The maximum absolute atomic E-state index is 14.1. The smallest absolute Gasteiger partial charge is 0.459 e. The summed E-state index contributed by atoms with van der Waals surface area (Å²) >= 11 is 0. The van der Waals surface area contributed by atoms with E-state index in [0.717, 1.165) is 37.3 Å². The van der Waals surface area contributed by atoms with Crippen molar-refractivity contribution in [3.05, 3.63) is 66.9 Å². The second kappa shape index (κ2) is 14.3. The van der Waals surface area contributed by atoms with Gasteiger partial charge >= 0.3 is 13.7 Å². The molecule has 1 saturated heterocycles. The van der Waals surface area contributed by atoms with E-state index in [1.807, 2.05) is 24.3 Å². The van der Waals surface area contributed by atoms with E-state index in [4.69, 9.17) is 18.5 Å². The summed E-state index contributed by atoms with van der Waals surface area (Å²) in [6, 6.07) is 11.5. The summed E-state index contributed by atoms with van der Waals surface area (Å²) < 4.78 is 50.9. The van der Waals surface area contributed by atoms with Gasteiger partial charge in [-0.05, 0) is 24.8 Å². The molecular formula is C29H37FN3O8P. The fraction of sp³-hybridized carbons (Fsp3) is 0.448. The Kier molecular flexibility index (Phi) is 10.7. The van der Waals surface area contributed by atoms with Crippen molar-refractivity contribution in [2.45, 2.75) is 70.4 Å². The van der Waals surface area contributed by atoms with Crippen LogP contribution in [-0.2, 0) is 28.2 Å². The lowest BCUT2D eigenvalue weighted by atomic mass is 10.1. The van der Waals surface area contributed by atoms with Gasteiger partial charge in [0.05, 0.1) is 19.3 Å². The molecule has 42 heavy (non-hydrogen) atoms. The number of benzene rings is 2. The first kappa shape index (κ1) is 31.7. The zero-order chi connectivity index (χ0) is 30.3. The van der Waals surface area contributed by atoms with Crippen LogP contribution in [-0.4, -0.2) is 59.6 Å². The van der Waals surface area contributed by atoms with Crippen molar-refractivity contribution in [3.63, 3.8) is 0 Å². The first-order valence-corrected chi connectivity index (χ1v) is 15.5. The van der Waals surface area contributed by atoms with E-state index in [9.17, 15) is 23.7 Å². The molecule has 2 aromatic carbocycles. The number of fused-ring (bicyclic) bond motifs is 1. The van der Waals surface area contributed by atoms with E-state index in [2.05, 4.69) is 23.9 Å². The van der Waals surface area contributed by atoms with Crippen molar-refractivity contribution in [1.29, 1.82) is 0 Å². The fourth-order valence-electron chi connectivity index (χ4n) is 4.59. The Morgan fingerprint density at radius 3 is 2.81 bits per heavy atom. The summed E-state index contributed by atoms with van der Waals surface area (Å²) in [6.45, 7) is 7.10. The lowest BCUT2D eigenvalue weighted by Crippen LogP contribution is -2.42. The number of nitrogens with one attached hydrogen (secondary N) is 2. The molecule has 11 nitrogen and oxygen atoms in total. The Hall–Kier alpha value is -3.28. The standard InChI is InChI=1S/C29H37FN3O8P/c1-4-5-6-9-15-38-29(36)19(2)32-42(37,41-25-14-10-12-21-11-7-8-13-22(21)25)39-18-26-24(34)16-27(40-26)33-17-23(30)28(35)31-20(33)3/h7-8,10-14,17,19,24,26-27,34H,3-6,9,15-16,18H2,1-2H3,(H,31,35)(H,32,37)/t19-,24?,26+,27+,42?/m0/s1. The van der Waals surface area contributed by atoms with Gasteiger partial charge in [-0.3, -0.25) is 14.1 Å². The molecule has 1 fully saturated rings. The number of hydrogen-bond acceptors (Lipinski definition) is 9. The third-order valence-electron chi connectivity index (χ3n) is 6.88. The van der Waals surface area contributed by atoms with Crippen LogP contribution in [0.1, 0.15) is 46.0 Å². The van der Waals surface area contributed by atoms with Gasteiger partial charge in [-0.2, -0.15) is 9.48 Å². The maximum Gasteiger partial charge on any atom is 0.459 e. The number of amides is 1. The van der Waals surface area contributed by atoms with E-state index < -0.39 is 56.5 Å². The Labute approximate surface area is 244 Å². The number of carbonyl (C=O) groups excluding carboxylic acids is 2. The van der Waals surface area contributed by atoms with Gasteiger partial charge in [-0.1, -0.05) is 69.2 Å². The van der Waals surface area contributed by atoms with Crippen molar-refractivity contribution in [2.75, 3.05) is 13.2 Å². The molecule has 0 aromatic heterocycles. The van der Waals surface area contributed by atoms with Crippen molar-refractivity contribution in [2.24, 2.45) is 0 Å². The van der Waals surface area contributed by atoms with Gasteiger partial charge in [0.1, 0.15) is 29.9 Å². The molecule has 2 aliphatic rings. The first-order valence-electron chi connectivity index (χ1n) is 14.0. The normalized spacial score (nSPS) is 22.8. The molecule has 4 rings (SSSR count). The average Bonchev–Trinajstić information content (AvgIpc) is 3.33. The van der Waals surface area contributed by atoms with Crippen molar-refractivity contribution in [1.82, 2.24) is 15.3 Å². The molecule has 228 valence electrons. The molecule has 0 aliphatic carbocycles. The van der Waals surface area contributed by atoms with E-state index >= 15 is 0 Å². The lowest BCUT2D eigenvalue weighted by molar-refractivity contribution is -0.145. The van der Waals surface area contributed by atoms with Crippen LogP contribution in [0.4, 0.5) is 4.39 Å². The number of aliphatic hydroxyl groups excluding tert-OH is 1. The number of rotatable bonds is 14. The Balaban J connectivity index is 1.47. The van der Waals surface area contributed by atoms with E-state index in [1.54, 1.807) is 18.2 Å². The molecule has 0 radical (unpaired) electrons. The second-order valence-electron chi connectivity index (χ2n) is 10.2. The van der Waals surface area contributed by atoms with E-state index in [0.29, 0.717) is 5.39 Å². The molecule has 2 heterocycles. The highest BCUT2D eigenvalue weighted by Gasteiger charge is 2.42.